The van der Waals surface area contributed by atoms with Crippen molar-refractivity contribution in [2.45, 2.75) is 25.8 Å². The van der Waals surface area contributed by atoms with Crippen LogP contribution >= 0.6 is 0 Å². The van der Waals surface area contributed by atoms with Crippen molar-refractivity contribution < 1.29 is 4.79 Å². The lowest BCUT2D eigenvalue weighted by Crippen LogP contribution is -2.49. The van der Waals surface area contributed by atoms with E-state index in [0.717, 1.165) is 42.5 Å². The first kappa shape index (κ1) is 17.7. The number of aryl methyl sites for hydroxylation is 1. The van der Waals surface area contributed by atoms with Crippen LogP contribution in [0.3, 0.4) is 0 Å². The van der Waals surface area contributed by atoms with E-state index in [4.69, 9.17) is 0 Å². The van der Waals surface area contributed by atoms with Crippen molar-refractivity contribution in [3.8, 4) is 0 Å². The lowest BCUT2D eigenvalue weighted by molar-refractivity contribution is -0.133. The van der Waals surface area contributed by atoms with Gasteiger partial charge in [0.15, 0.2) is 0 Å². The van der Waals surface area contributed by atoms with Crippen molar-refractivity contribution in [2.24, 2.45) is 0 Å². The average molecular weight is 359 g/mol. The predicted octanol–water partition coefficient (Wildman–Crippen LogP) is 3.51. The van der Waals surface area contributed by atoms with Gasteiger partial charge < -0.3 is 10.2 Å². The standard InChI is InChI=1S/C23H25N3O/c1-2-17-8-10-18(11-9-17)21-16-24-13-14-26(21)22(27)15-20-6-3-5-19-7-4-12-25-23(19)20/h3-12,21,24H,2,13-16H2,1H3. The Bertz CT molecular complexity index is 931. The largest absolute Gasteiger partial charge is 0.333 e. The minimum absolute atomic E-state index is 0.0834. The topological polar surface area (TPSA) is 45.2 Å². The van der Waals surface area contributed by atoms with Gasteiger partial charge in [0.05, 0.1) is 18.0 Å². The van der Waals surface area contributed by atoms with Gasteiger partial charge in [0.1, 0.15) is 0 Å². The monoisotopic (exact) mass is 359 g/mol. The molecular formula is C23H25N3O. The third kappa shape index (κ3) is 3.71. The van der Waals surface area contributed by atoms with Crippen molar-refractivity contribution in [2.75, 3.05) is 19.6 Å². The summed E-state index contributed by atoms with van der Waals surface area (Å²) in [6, 6.07) is 18.8. The maximum atomic E-state index is 13.2. The molecule has 27 heavy (non-hydrogen) atoms. The van der Waals surface area contributed by atoms with Gasteiger partial charge in [0.25, 0.3) is 0 Å². The third-order valence-corrected chi connectivity index (χ3v) is 5.39. The maximum absolute atomic E-state index is 13.2. The number of nitrogens with zero attached hydrogens (tertiary/aromatic N) is 2. The second kappa shape index (κ2) is 7.89. The minimum Gasteiger partial charge on any atom is -0.333 e. The number of hydrogen-bond donors (Lipinski definition) is 1. The summed E-state index contributed by atoms with van der Waals surface area (Å²) in [4.78, 5) is 19.7. The van der Waals surface area contributed by atoms with Gasteiger partial charge in [0, 0.05) is 31.2 Å². The lowest BCUT2D eigenvalue weighted by Gasteiger charge is -2.37. The number of fused-ring (bicyclic) bond motifs is 1. The van der Waals surface area contributed by atoms with Crippen LogP contribution in [0.5, 0.6) is 0 Å². The van der Waals surface area contributed by atoms with Crippen LogP contribution < -0.4 is 5.32 Å². The van der Waals surface area contributed by atoms with E-state index in [-0.39, 0.29) is 11.9 Å². The molecule has 1 saturated heterocycles. The van der Waals surface area contributed by atoms with Crippen molar-refractivity contribution >= 4 is 16.8 Å². The number of aromatic nitrogens is 1. The van der Waals surface area contributed by atoms with Crippen molar-refractivity contribution in [3.63, 3.8) is 0 Å². The van der Waals surface area contributed by atoms with Gasteiger partial charge >= 0.3 is 0 Å². The first-order valence-corrected chi connectivity index (χ1v) is 9.68. The molecule has 0 bridgehead atoms. The number of piperazine rings is 1. The number of amides is 1. The smallest absolute Gasteiger partial charge is 0.227 e. The van der Waals surface area contributed by atoms with Crippen LogP contribution in [-0.4, -0.2) is 35.4 Å². The molecule has 3 aromatic rings. The van der Waals surface area contributed by atoms with Crippen LogP contribution in [0, 0.1) is 0 Å². The van der Waals surface area contributed by atoms with E-state index in [1.165, 1.54) is 11.1 Å². The molecule has 2 aromatic carbocycles. The Balaban J connectivity index is 1.58. The number of para-hydroxylation sites is 1. The molecule has 0 spiro atoms. The first-order chi connectivity index (χ1) is 13.3. The van der Waals surface area contributed by atoms with Crippen LogP contribution in [0.1, 0.15) is 29.7 Å². The Kier molecular flexibility index (Phi) is 5.16. The Labute approximate surface area is 160 Å². The van der Waals surface area contributed by atoms with Gasteiger partial charge in [-0.25, -0.2) is 0 Å². The molecule has 0 aliphatic carbocycles. The average Bonchev–Trinajstić information content (AvgIpc) is 2.74. The highest BCUT2D eigenvalue weighted by molar-refractivity contribution is 5.87. The molecule has 1 aliphatic rings. The van der Waals surface area contributed by atoms with Crippen LogP contribution in [0.4, 0.5) is 0 Å². The molecule has 1 aliphatic heterocycles. The number of hydrogen-bond acceptors (Lipinski definition) is 3. The number of carbonyl (C=O) groups is 1. The van der Waals surface area contributed by atoms with E-state index in [2.05, 4.69) is 41.5 Å². The number of benzene rings is 2. The molecule has 0 saturated carbocycles. The zero-order chi connectivity index (χ0) is 18.6. The van der Waals surface area contributed by atoms with Crippen molar-refractivity contribution in [1.82, 2.24) is 15.2 Å². The van der Waals surface area contributed by atoms with E-state index in [0.29, 0.717) is 6.42 Å². The predicted molar refractivity (Wildman–Crippen MR) is 109 cm³/mol. The summed E-state index contributed by atoms with van der Waals surface area (Å²) >= 11 is 0. The molecule has 4 rings (SSSR count). The zero-order valence-electron chi connectivity index (χ0n) is 15.7. The first-order valence-electron chi connectivity index (χ1n) is 9.68. The summed E-state index contributed by atoms with van der Waals surface area (Å²) in [5.74, 6) is 0.166. The quantitative estimate of drug-likeness (QED) is 0.775. The molecule has 2 heterocycles. The molecule has 1 fully saturated rings. The van der Waals surface area contributed by atoms with Crippen molar-refractivity contribution in [1.29, 1.82) is 0 Å². The lowest BCUT2D eigenvalue weighted by atomic mass is 9.99. The Morgan fingerprint density at radius 3 is 2.78 bits per heavy atom. The highest BCUT2D eigenvalue weighted by Gasteiger charge is 2.28. The summed E-state index contributed by atoms with van der Waals surface area (Å²) in [7, 11) is 0. The highest BCUT2D eigenvalue weighted by atomic mass is 16.2. The van der Waals surface area contributed by atoms with Crippen LogP contribution in [-0.2, 0) is 17.6 Å². The Morgan fingerprint density at radius 2 is 1.96 bits per heavy atom. The molecule has 1 N–H and O–H groups in total. The molecular weight excluding hydrogens is 334 g/mol. The Morgan fingerprint density at radius 1 is 1.15 bits per heavy atom. The SMILES string of the molecule is CCc1ccc(C2CNCCN2C(=O)Cc2cccc3cccnc23)cc1. The Hall–Kier alpha value is -2.72. The molecule has 0 radical (unpaired) electrons. The summed E-state index contributed by atoms with van der Waals surface area (Å²) in [6.45, 7) is 4.52. The second-order valence-corrected chi connectivity index (χ2v) is 7.07. The van der Waals surface area contributed by atoms with E-state index in [1.807, 2.05) is 35.2 Å². The molecule has 1 unspecified atom stereocenters. The normalized spacial score (nSPS) is 17.2. The molecule has 1 atom stereocenters. The second-order valence-electron chi connectivity index (χ2n) is 7.07. The summed E-state index contributed by atoms with van der Waals surface area (Å²) < 4.78 is 0. The number of nitrogens with one attached hydrogen (secondary N) is 1. The van der Waals surface area contributed by atoms with Gasteiger partial charge in [-0.05, 0) is 29.2 Å². The molecule has 4 heteroatoms. The summed E-state index contributed by atoms with van der Waals surface area (Å²) in [5, 5.41) is 4.51. The zero-order valence-corrected chi connectivity index (χ0v) is 15.7. The van der Waals surface area contributed by atoms with E-state index < -0.39 is 0 Å². The fourth-order valence-electron chi connectivity index (χ4n) is 3.85. The molecule has 1 amide bonds. The fraction of sp³-hybridized carbons (Fsp3) is 0.304. The molecule has 138 valence electrons. The molecule has 4 nitrogen and oxygen atoms in total. The number of carbonyl (C=O) groups excluding carboxylic acids is 1. The third-order valence-electron chi connectivity index (χ3n) is 5.39. The minimum atomic E-state index is 0.0834. The highest BCUT2D eigenvalue weighted by Crippen LogP contribution is 2.25. The summed E-state index contributed by atoms with van der Waals surface area (Å²) in [6.07, 6.45) is 3.21. The van der Waals surface area contributed by atoms with Gasteiger partial charge in [-0.15, -0.1) is 0 Å². The summed E-state index contributed by atoms with van der Waals surface area (Å²) in [5.41, 5.74) is 4.44. The number of pyridine rings is 1. The van der Waals surface area contributed by atoms with Gasteiger partial charge in [0.2, 0.25) is 5.91 Å². The number of rotatable bonds is 4. The van der Waals surface area contributed by atoms with Crippen molar-refractivity contribution in [3.05, 3.63) is 77.5 Å². The van der Waals surface area contributed by atoms with E-state index in [1.54, 1.807) is 6.20 Å². The van der Waals surface area contributed by atoms with Crippen LogP contribution in [0.25, 0.3) is 10.9 Å². The van der Waals surface area contributed by atoms with Gasteiger partial charge in [-0.3, -0.25) is 9.78 Å². The van der Waals surface area contributed by atoms with E-state index in [9.17, 15) is 4.79 Å². The van der Waals surface area contributed by atoms with Crippen LogP contribution in [0.15, 0.2) is 60.8 Å². The van der Waals surface area contributed by atoms with Crippen LogP contribution in [0.2, 0.25) is 0 Å². The van der Waals surface area contributed by atoms with Gasteiger partial charge in [-0.1, -0.05) is 55.5 Å². The maximum Gasteiger partial charge on any atom is 0.227 e. The fourth-order valence-corrected chi connectivity index (χ4v) is 3.85. The molecule has 1 aromatic heterocycles. The van der Waals surface area contributed by atoms with E-state index >= 15 is 0 Å². The van der Waals surface area contributed by atoms with Gasteiger partial charge in [-0.2, -0.15) is 0 Å².